The van der Waals surface area contributed by atoms with Gasteiger partial charge in [-0.2, -0.15) is 0 Å². The Morgan fingerprint density at radius 3 is 2.59 bits per heavy atom. The van der Waals surface area contributed by atoms with Crippen molar-refractivity contribution in [1.82, 2.24) is 4.90 Å². The van der Waals surface area contributed by atoms with Gasteiger partial charge in [0.2, 0.25) is 0 Å². The molecule has 2 heterocycles. The fourth-order valence-electron chi connectivity index (χ4n) is 4.15. The van der Waals surface area contributed by atoms with Crippen LogP contribution in [0.1, 0.15) is 56.8 Å². The second kappa shape index (κ2) is 7.61. The first-order valence-corrected chi connectivity index (χ1v) is 10.00. The van der Waals surface area contributed by atoms with Gasteiger partial charge in [-0.05, 0) is 36.5 Å². The SMILES string of the molecule is COc1ccc(Cl)cc1C(=O)N1CCC2(CC1)C[C@H](O)C[C@H](C(C)(C)C)O2. The lowest BCUT2D eigenvalue weighted by Crippen LogP contribution is -2.55. The monoisotopic (exact) mass is 395 g/mol. The zero-order chi connectivity index (χ0) is 19.8. The van der Waals surface area contributed by atoms with Crippen molar-refractivity contribution < 1.29 is 19.4 Å². The average Bonchev–Trinajstić information content (AvgIpc) is 2.60. The highest BCUT2D eigenvalue weighted by atomic mass is 35.5. The highest BCUT2D eigenvalue weighted by molar-refractivity contribution is 6.31. The number of nitrogens with zero attached hydrogens (tertiary/aromatic N) is 1. The summed E-state index contributed by atoms with van der Waals surface area (Å²) in [6.07, 6.45) is 2.45. The predicted octanol–water partition coefficient (Wildman–Crippen LogP) is 3.91. The fraction of sp³-hybridized carbons (Fsp3) is 0.667. The Morgan fingerprint density at radius 2 is 2.00 bits per heavy atom. The zero-order valence-electron chi connectivity index (χ0n) is 16.6. The summed E-state index contributed by atoms with van der Waals surface area (Å²) in [6.45, 7) is 7.63. The molecule has 6 heteroatoms. The van der Waals surface area contributed by atoms with Crippen LogP contribution in [0.3, 0.4) is 0 Å². The van der Waals surface area contributed by atoms with Crippen LogP contribution < -0.4 is 4.74 Å². The quantitative estimate of drug-likeness (QED) is 0.824. The Hall–Kier alpha value is -1.30. The first kappa shape index (κ1) is 20.4. The number of methoxy groups -OCH3 is 1. The highest BCUT2D eigenvalue weighted by Gasteiger charge is 2.46. The normalized spacial score (nSPS) is 25.5. The van der Waals surface area contributed by atoms with Gasteiger partial charge in [0.25, 0.3) is 5.91 Å². The highest BCUT2D eigenvalue weighted by Crippen LogP contribution is 2.42. The van der Waals surface area contributed by atoms with E-state index in [0.29, 0.717) is 42.3 Å². The van der Waals surface area contributed by atoms with Crippen LogP contribution in [-0.4, -0.2) is 53.9 Å². The molecule has 1 aromatic rings. The first-order chi connectivity index (χ1) is 12.6. The molecule has 2 aliphatic heterocycles. The van der Waals surface area contributed by atoms with E-state index >= 15 is 0 Å². The zero-order valence-corrected chi connectivity index (χ0v) is 17.4. The van der Waals surface area contributed by atoms with Crippen LogP contribution in [-0.2, 0) is 4.74 Å². The Labute approximate surface area is 166 Å². The van der Waals surface area contributed by atoms with Gasteiger partial charge >= 0.3 is 0 Å². The van der Waals surface area contributed by atoms with E-state index in [1.807, 2.05) is 4.90 Å². The second-order valence-electron chi connectivity index (χ2n) is 8.89. The number of halogens is 1. The third kappa shape index (κ3) is 4.41. The number of aliphatic hydroxyl groups is 1. The molecule has 2 aliphatic rings. The molecule has 1 spiro atoms. The lowest BCUT2D eigenvalue weighted by molar-refractivity contribution is -0.205. The molecule has 0 unspecified atom stereocenters. The minimum Gasteiger partial charge on any atom is -0.496 e. The predicted molar refractivity (Wildman–Crippen MR) is 105 cm³/mol. The summed E-state index contributed by atoms with van der Waals surface area (Å²) >= 11 is 6.07. The number of hydrogen-bond donors (Lipinski definition) is 1. The van der Waals surface area contributed by atoms with Crippen LogP contribution >= 0.6 is 11.6 Å². The lowest BCUT2D eigenvalue weighted by Gasteiger charge is -2.50. The number of aliphatic hydroxyl groups excluding tert-OH is 1. The van der Waals surface area contributed by atoms with Gasteiger partial charge in [-0.15, -0.1) is 0 Å². The summed E-state index contributed by atoms with van der Waals surface area (Å²) in [5.74, 6) is 0.453. The lowest BCUT2D eigenvalue weighted by atomic mass is 9.76. The van der Waals surface area contributed by atoms with Crippen LogP contribution in [0, 0.1) is 5.41 Å². The van der Waals surface area contributed by atoms with Gasteiger partial charge in [0.15, 0.2) is 0 Å². The average molecular weight is 396 g/mol. The van der Waals surface area contributed by atoms with E-state index in [-0.39, 0.29) is 29.1 Å². The van der Waals surface area contributed by atoms with Crippen LogP contribution in [0.15, 0.2) is 18.2 Å². The van der Waals surface area contributed by atoms with E-state index in [1.165, 1.54) is 0 Å². The molecule has 1 aromatic carbocycles. The maximum absolute atomic E-state index is 13.0. The Morgan fingerprint density at radius 1 is 1.33 bits per heavy atom. The number of likely N-dealkylation sites (tertiary alicyclic amines) is 1. The third-order valence-electron chi connectivity index (χ3n) is 5.81. The molecule has 5 nitrogen and oxygen atoms in total. The standard InChI is InChI=1S/C21H30ClNO4/c1-20(2,3)18-12-15(24)13-21(27-18)7-9-23(10-8-21)19(25)16-11-14(22)5-6-17(16)26-4/h5-6,11,15,18,24H,7-10,12-13H2,1-4H3/t15-,18-/m1/s1. The van der Waals surface area contributed by atoms with Crippen LogP contribution in [0.25, 0.3) is 0 Å². The van der Waals surface area contributed by atoms with Gasteiger partial charge in [-0.1, -0.05) is 32.4 Å². The third-order valence-corrected chi connectivity index (χ3v) is 6.04. The smallest absolute Gasteiger partial charge is 0.257 e. The number of rotatable bonds is 2. The Kier molecular flexibility index (Phi) is 5.76. The van der Waals surface area contributed by atoms with Crippen LogP contribution in [0.5, 0.6) is 5.75 Å². The molecular formula is C21H30ClNO4. The van der Waals surface area contributed by atoms with Gasteiger partial charge in [0.05, 0.1) is 30.5 Å². The number of ether oxygens (including phenoxy) is 2. The summed E-state index contributed by atoms with van der Waals surface area (Å²) in [5.41, 5.74) is 0.124. The van der Waals surface area contributed by atoms with E-state index in [4.69, 9.17) is 21.1 Å². The molecule has 1 N–H and O–H groups in total. The molecule has 0 aliphatic carbocycles. The van der Waals surface area contributed by atoms with Crippen LogP contribution in [0.2, 0.25) is 5.02 Å². The van der Waals surface area contributed by atoms with Gasteiger partial charge in [-0.25, -0.2) is 0 Å². The number of piperidine rings is 1. The molecule has 2 saturated heterocycles. The number of benzene rings is 1. The molecule has 1 amide bonds. The van der Waals surface area contributed by atoms with Gasteiger partial charge in [0.1, 0.15) is 5.75 Å². The van der Waals surface area contributed by atoms with Crippen molar-refractivity contribution in [3.05, 3.63) is 28.8 Å². The van der Waals surface area contributed by atoms with E-state index < -0.39 is 0 Å². The summed E-state index contributed by atoms with van der Waals surface area (Å²) < 4.78 is 11.8. The van der Waals surface area contributed by atoms with Crippen molar-refractivity contribution in [2.24, 2.45) is 5.41 Å². The summed E-state index contributed by atoms with van der Waals surface area (Å²) in [7, 11) is 1.55. The number of hydrogen-bond acceptors (Lipinski definition) is 4. The van der Waals surface area contributed by atoms with Crippen molar-refractivity contribution >= 4 is 17.5 Å². The molecule has 0 radical (unpaired) electrons. The molecule has 0 aromatic heterocycles. The van der Waals surface area contributed by atoms with Crippen molar-refractivity contribution in [1.29, 1.82) is 0 Å². The van der Waals surface area contributed by atoms with Gasteiger partial charge in [0, 0.05) is 31.0 Å². The topological polar surface area (TPSA) is 59.0 Å². The molecule has 0 saturated carbocycles. The van der Waals surface area contributed by atoms with Crippen molar-refractivity contribution in [2.45, 2.75) is 64.3 Å². The first-order valence-electron chi connectivity index (χ1n) is 9.62. The molecule has 3 rings (SSSR count). The second-order valence-corrected chi connectivity index (χ2v) is 9.32. The number of carbonyl (C=O) groups is 1. The summed E-state index contributed by atoms with van der Waals surface area (Å²) in [5, 5.41) is 10.9. The summed E-state index contributed by atoms with van der Waals surface area (Å²) in [6, 6.07) is 5.09. The maximum Gasteiger partial charge on any atom is 0.257 e. The van der Waals surface area contributed by atoms with E-state index in [2.05, 4.69) is 20.8 Å². The minimum atomic E-state index is -0.349. The van der Waals surface area contributed by atoms with Gasteiger partial charge in [-0.3, -0.25) is 4.79 Å². The number of amides is 1. The van der Waals surface area contributed by atoms with Crippen molar-refractivity contribution in [3.63, 3.8) is 0 Å². The number of carbonyl (C=O) groups excluding carboxylic acids is 1. The molecule has 150 valence electrons. The molecule has 2 fully saturated rings. The molecule has 2 atom stereocenters. The summed E-state index contributed by atoms with van der Waals surface area (Å²) in [4.78, 5) is 14.8. The fourth-order valence-corrected chi connectivity index (χ4v) is 4.32. The van der Waals surface area contributed by atoms with Crippen molar-refractivity contribution in [2.75, 3.05) is 20.2 Å². The molecule has 0 bridgehead atoms. The van der Waals surface area contributed by atoms with E-state index in [0.717, 1.165) is 12.8 Å². The molecule has 27 heavy (non-hydrogen) atoms. The Balaban J connectivity index is 1.71. The van der Waals surface area contributed by atoms with Crippen LogP contribution in [0.4, 0.5) is 0 Å². The van der Waals surface area contributed by atoms with E-state index in [1.54, 1.807) is 25.3 Å². The largest absolute Gasteiger partial charge is 0.496 e. The Bertz CT molecular complexity index is 692. The minimum absolute atomic E-state index is 0.0183. The van der Waals surface area contributed by atoms with Crippen molar-refractivity contribution in [3.8, 4) is 5.75 Å². The molecular weight excluding hydrogens is 366 g/mol. The van der Waals surface area contributed by atoms with Gasteiger partial charge < -0.3 is 19.5 Å². The maximum atomic E-state index is 13.0. The van der Waals surface area contributed by atoms with E-state index in [9.17, 15) is 9.90 Å².